The molecule has 0 bridgehead atoms. The van der Waals surface area contributed by atoms with Gasteiger partial charge < -0.3 is 15.5 Å². The molecule has 1 rings (SSSR count). The van der Waals surface area contributed by atoms with Gasteiger partial charge in [0, 0.05) is 26.2 Å². The standard InChI is InChI=1S/C14H26N4OS/c1-6-9-17(5)14-16-12(15)11(20-14)13(19)18(8-3)10(4)7-2/h10H,6-9,15H2,1-5H3. The molecule has 2 N–H and O–H groups in total. The van der Waals surface area contributed by atoms with Gasteiger partial charge in [-0.3, -0.25) is 4.79 Å². The first-order valence-corrected chi connectivity index (χ1v) is 8.06. The number of rotatable bonds is 7. The van der Waals surface area contributed by atoms with Gasteiger partial charge in [0.05, 0.1) is 0 Å². The van der Waals surface area contributed by atoms with Crippen molar-refractivity contribution >= 4 is 28.2 Å². The maximum Gasteiger partial charge on any atom is 0.268 e. The van der Waals surface area contributed by atoms with Crippen LogP contribution >= 0.6 is 11.3 Å². The summed E-state index contributed by atoms with van der Waals surface area (Å²) in [6, 6.07) is 0.214. The number of thiazole rings is 1. The fourth-order valence-corrected chi connectivity index (χ4v) is 3.00. The highest BCUT2D eigenvalue weighted by molar-refractivity contribution is 7.18. The van der Waals surface area contributed by atoms with Gasteiger partial charge >= 0.3 is 0 Å². The number of nitrogens with two attached hydrogens (primary N) is 1. The maximum absolute atomic E-state index is 12.6. The van der Waals surface area contributed by atoms with Crippen LogP contribution < -0.4 is 10.6 Å². The zero-order valence-electron chi connectivity index (χ0n) is 13.1. The highest BCUT2D eigenvalue weighted by Crippen LogP contribution is 2.29. The zero-order chi connectivity index (χ0) is 15.3. The lowest BCUT2D eigenvalue weighted by Gasteiger charge is -2.26. The van der Waals surface area contributed by atoms with Crippen LogP contribution in [0, 0.1) is 0 Å². The number of carbonyl (C=O) groups excluding carboxylic acids is 1. The molecule has 1 atom stereocenters. The quantitative estimate of drug-likeness (QED) is 0.841. The molecule has 20 heavy (non-hydrogen) atoms. The summed E-state index contributed by atoms with van der Waals surface area (Å²) in [6.07, 6.45) is 1.97. The van der Waals surface area contributed by atoms with Crippen molar-refractivity contribution in [2.75, 3.05) is 30.8 Å². The summed E-state index contributed by atoms with van der Waals surface area (Å²) in [7, 11) is 1.97. The number of carbonyl (C=O) groups is 1. The van der Waals surface area contributed by atoms with E-state index >= 15 is 0 Å². The number of hydrogen-bond acceptors (Lipinski definition) is 5. The van der Waals surface area contributed by atoms with E-state index in [1.807, 2.05) is 23.8 Å². The Hall–Kier alpha value is -1.30. The van der Waals surface area contributed by atoms with Crippen LogP contribution in [0.2, 0.25) is 0 Å². The molecule has 1 amide bonds. The Morgan fingerprint density at radius 1 is 1.40 bits per heavy atom. The van der Waals surface area contributed by atoms with E-state index in [9.17, 15) is 4.79 Å². The van der Waals surface area contributed by atoms with E-state index in [0.717, 1.165) is 24.5 Å². The van der Waals surface area contributed by atoms with Crippen molar-refractivity contribution in [1.29, 1.82) is 0 Å². The summed E-state index contributed by atoms with van der Waals surface area (Å²) in [5, 5.41) is 0.813. The molecule has 5 nitrogen and oxygen atoms in total. The lowest BCUT2D eigenvalue weighted by Crippen LogP contribution is -2.38. The predicted molar refractivity (Wildman–Crippen MR) is 86.6 cm³/mol. The van der Waals surface area contributed by atoms with E-state index in [0.29, 0.717) is 17.2 Å². The number of nitrogen functional groups attached to an aromatic ring is 1. The molecule has 1 heterocycles. The van der Waals surface area contributed by atoms with E-state index in [2.05, 4.69) is 25.8 Å². The second-order valence-electron chi connectivity index (χ2n) is 4.98. The average Bonchev–Trinajstić information content (AvgIpc) is 2.81. The van der Waals surface area contributed by atoms with Crippen LogP contribution in [0.1, 0.15) is 50.2 Å². The Morgan fingerprint density at radius 3 is 2.55 bits per heavy atom. The summed E-state index contributed by atoms with van der Waals surface area (Å²) in [4.78, 5) is 21.4. The molecule has 6 heteroatoms. The van der Waals surface area contributed by atoms with Crippen LogP contribution in [-0.2, 0) is 0 Å². The van der Waals surface area contributed by atoms with E-state index in [1.54, 1.807) is 0 Å². The fraction of sp³-hybridized carbons (Fsp3) is 0.714. The van der Waals surface area contributed by atoms with Gasteiger partial charge in [0.2, 0.25) is 0 Å². The van der Waals surface area contributed by atoms with Crippen molar-refractivity contribution in [2.24, 2.45) is 0 Å². The number of hydrogen-bond donors (Lipinski definition) is 1. The monoisotopic (exact) mass is 298 g/mol. The Bertz CT molecular complexity index is 446. The van der Waals surface area contributed by atoms with Crippen LogP contribution in [0.3, 0.4) is 0 Å². The minimum absolute atomic E-state index is 0.00648. The Kier molecular flexibility index (Phi) is 6.26. The van der Waals surface area contributed by atoms with Crippen LogP contribution in [0.4, 0.5) is 10.9 Å². The minimum atomic E-state index is -0.00648. The molecule has 1 aromatic rings. The van der Waals surface area contributed by atoms with E-state index in [1.165, 1.54) is 11.3 Å². The summed E-state index contributed by atoms with van der Waals surface area (Å²) >= 11 is 1.39. The van der Waals surface area contributed by atoms with Crippen LogP contribution in [0.5, 0.6) is 0 Å². The first-order chi connectivity index (χ1) is 9.46. The van der Waals surface area contributed by atoms with Crippen LogP contribution in [0.25, 0.3) is 0 Å². The molecule has 0 aliphatic carbocycles. The van der Waals surface area contributed by atoms with Gasteiger partial charge in [-0.15, -0.1) is 0 Å². The maximum atomic E-state index is 12.6. The minimum Gasteiger partial charge on any atom is -0.382 e. The third-order valence-electron chi connectivity index (χ3n) is 3.45. The van der Waals surface area contributed by atoms with E-state index in [4.69, 9.17) is 5.73 Å². The molecular formula is C14H26N4OS. The van der Waals surface area contributed by atoms with Gasteiger partial charge in [-0.1, -0.05) is 25.2 Å². The van der Waals surface area contributed by atoms with Crippen molar-refractivity contribution in [3.05, 3.63) is 4.88 Å². The van der Waals surface area contributed by atoms with Crippen molar-refractivity contribution in [3.8, 4) is 0 Å². The molecule has 0 saturated carbocycles. The Balaban J connectivity index is 2.98. The fourth-order valence-electron chi connectivity index (χ4n) is 2.07. The summed E-state index contributed by atoms with van der Waals surface area (Å²) in [5.74, 6) is 0.340. The molecule has 1 aromatic heterocycles. The first kappa shape index (κ1) is 16.8. The van der Waals surface area contributed by atoms with E-state index in [-0.39, 0.29) is 11.9 Å². The topological polar surface area (TPSA) is 62.5 Å². The lowest BCUT2D eigenvalue weighted by molar-refractivity contribution is 0.0706. The molecular weight excluding hydrogens is 272 g/mol. The molecule has 0 aromatic carbocycles. The molecule has 0 fully saturated rings. The van der Waals surface area contributed by atoms with E-state index < -0.39 is 0 Å². The second-order valence-corrected chi connectivity index (χ2v) is 5.96. The smallest absolute Gasteiger partial charge is 0.268 e. The van der Waals surface area contributed by atoms with Crippen LogP contribution in [-0.4, -0.2) is 42.0 Å². The SMILES string of the molecule is CCCN(C)c1nc(N)c(C(=O)N(CC)C(C)CC)s1. The van der Waals surface area contributed by atoms with Crippen molar-refractivity contribution in [1.82, 2.24) is 9.88 Å². The third-order valence-corrected chi connectivity index (χ3v) is 4.62. The Morgan fingerprint density at radius 2 is 2.05 bits per heavy atom. The van der Waals surface area contributed by atoms with Crippen molar-refractivity contribution < 1.29 is 4.79 Å². The van der Waals surface area contributed by atoms with Crippen LogP contribution in [0.15, 0.2) is 0 Å². The normalized spacial score (nSPS) is 12.2. The molecule has 1 unspecified atom stereocenters. The largest absolute Gasteiger partial charge is 0.382 e. The lowest BCUT2D eigenvalue weighted by atomic mass is 10.2. The number of aromatic nitrogens is 1. The van der Waals surface area contributed by atoms with Gasteiger partial charge in [0.1, 0.15) is 10.7 Å². The molecule has 0 spiro atoms. The first-order valence-electron chi connectivity index (χ1n) is 7.24. The van der Waals surface area contributed by atoms with Gasteiger partial charge in [0.25, 0.3) is 5.91 Å². The third kappa shape index (κ3) is 3.62. The van der Waals surface area contributed by atoms with Gasteiger partial charge in [-0.2, -0.15) is 0 Å². The van der Waals surface area contributed by atoms with Gasteiger partial charge in [-0.25, -0.2) is 4.98 Å². The predicted octanol–water partition coefficient (Wildman–Crippen LogP) is 2.83. The molecule has 0 saturated heterocycles. The molecule has 0 aliphatic rings. The van der Waals surface area contributed by atoms with Gasteiger partial charge in [0.15, 0.2) is 5.13 Å². The highest BCUT2D eigenvalue weighted by Gasteiger charge is 2.24. The highest BCUT2D eigenvalue weighted by atomic mass is 32.1. The number of anilines is 2. The zero-order valence-corrected chi connectivity index (χ0v) is 14.0. The Labute approximate surface area is 125 Å². The molecule has 0 aliphatic heterocycles. The number of amides is 1. The second kappa shape index (κ2) is 7.47. The average molecular weight is 298 g/mol. The van der Waals surface area contributed by atoms with Crippen molar-refractivity contribution in [3.63, 3.8) is 0 Å². The summed E-state index contributed by atoms with van der Waals surface area (Å²) in [6.45, 7) is 9.83. The summed E-state index contributed by atoms with van der Waals surface area (Å²) < 4.78 is 0. The molecule has 0 radical (unpaired) electrons. The van der Waals surface area contributed by atoms with Crippen molar-refractivity contribution in [2.45, 2.75) is 46.6 Å². The summed E-state index contributed by atoms with van der Waals surface area (Å²) in [5.41, 5.74) is 5.94. The van der Waals surface area contributed by atoms with Gasteiger partial charge in [-0.05, 0) is 26.7 Å². The number of nitrogens with zero attached hydrogens (tertiary/aromatic N) is 3. The molecule has 114 valence electrons.